The third-order valence-electron chi connectivity index (χ3n) is 1.68. The molecule has 0 bridgehead atoms. The first-order valence-electron chi connectivity index (χ1n) is 3.59. The molecule has 1 rings (SSSR count). The quantitative estimate of drug-likeness (QED) is 0.351. The first kappa shape index (κ1) is 6.59. The molecule has 0 spiro atoms. The molecule has 0 amide bonds. The lowest BCUT2D eigenvalue weighted by Crippen LogP contribution is -1.99. The summed E-state index contributed by atoms with van der Waals surface area (Å²) in [5.74, 6) is 0.634. The molecule has 2 nitrogen and oxygen atoms in total. The van der Waals surface area contributed by atoms with Crippen LogP contribution in [0.5, 0.6) is 0 Å². The van der Waals surface area contributed by atoms with Gasteiger partial charge in [-0.2, -0.15) is 0 Å². The summed E-state index contributed by atoms with van der Waals surface area (Å²) < 4.78 is 0. The summed E-state index contributed by atoms with van der Waals surface area (Å²) in [6, 6.07) is 0. The smallest absolute Gasteiger partial charge is 0.0601 e. The van der Waals surface area contributed by atoms with Crippen molar-refractivity contribution >= 4 is 5.71 Å². The van der Waals surface area contributed by atoms with Gasteiger partial charge in [-0.25, -0.2) is 0 Å². The van der Waals surface area contributed by atoms with Crippen LogP contribution in [0.2, 0.25) is 0 Å². The molecule has 1 aliphatic rings. The SMILES string of the molecule is CCC/C(=N/O)C1CC1. The van der Waals surface area contributed by atoms with Crippen LogP contribution in [0, 0.1) is 5.92 Å². The minimum Gasteiger partial charge on any atom is -0.411 e. The fourth-order valence-electron chi connectivity index (χ4n) is 1.01. The number of rotatable bonds is 3. The van der Waals surface area contributed by atoms with E-state index in [0.717, 1.165) is 18.6 Å². The Labute approximate surface area is 55.6 Å². The van der Waals surface area contributed by atoms with Crippen LogP contribution in [0.15, 0.2) is 5.16 Å². The van der Waals surface area contributed by atoms with Gasteiger partial charge in [-0.15, -0.1) is 0 Å². The molecule has 52 valence electrons. The van der Waals surface area contributed by atoms with E-state index in [2.05, 4.69) is 12.1 Å². The van der Waals surface area contributed by atoms with Gasteiger partial charge < -0.3 is 5.21 Å². The standard InChI is InChI=1S/C7H13NO/c1-2-3-7(8-9)6-4-5-6/h6,9H,2-5H2,1H3/b8-7-. The predicted octanol–water partition coefficient (Wildman–Crippen LogP) is 2.03. The molecular formula is C7H13NO. The van der Waals surface area contributed by atoms with Crippen molar-refractivity contribution in [2.24, 2.45) is 11.1 Å². The highest BCUT2D eigenvalue weighted by Crippen LogP contribution is 2.31. The number of hydrogen-bond acceptors (Lipinski definition) is 2. The molecular weight excluding hydrogens is 114 g/mol. The van der Waals surface area contributed by atoms with E-state index in [1.54, 1.807) is 0 Å². The summed E-state index contributed by atoms with van der Waals surface area (Å²) in [5.41, 5.74) is 1.01. The van der Waals surface area contributed by atoms with Crippen LogP contribution in [0.4, 0.5) is 0 Å². The van der Waals surface area contributed by atoms with Crippen LogP contribution in [-0.4, -0.2) is 10.9 Å². The fourth-order valence-corrected chi connectivity index (χ4v) is 1.01. The lowest BCUT2D eigenvalue weighted by molar-refractivity contribution is 0.315. The van der Waals surface area contributed by atoms with E-state index >= 15 is 0 Å². The van der Waals surface area contributed by atoms with Crippen LogP contribution >= 0.6 is 0 Å². The molecule has 2 heteroatoms. The Kier molecular flexibility index (Phi) is 2.09. The average molecular weight is 127 g/mol. The van der Waals surface area contributed by atoms with Gasteiger partial charge in [0.05, 0.1) is 5.71 Å². The van der Waals surface area contributed by atoms with Gasteiger partial charge >= 0.3 is 0 Å². The second-order valence-corrected chi connectivity index (χ2v) is 2.62. The Balaban J connectivity index is 2.30. The first-order chi connectivity index (χ1) is 4.38. The summed E-state index contributed by atoms with van der Waals surface area (Å²) in [6.45, 7) is 2.10. The lowest BCUT2D eigenvalue weighted by Gasteiger charge is -1.96. The molecule has 1 saturated carbocycles. The summed E-state index contributed by atoms with van der Waals surface area (Å²) in [7, 11) is 0. The Morgan fingerprint density at radius 3 is 2.67 bits per heavy atom. The van der Waals surface area contributed by atoms with Gasteiger partial charge in [0.15, 0.2) is 0 Å². The highest BCUT2D eigenvalue weighted by molar-refractivity contribution is 5.88. The fraction of sp³-hybridized carbons (Fsp3) is 0.857. The summed E-state index contributed by atoms with van der Waals surface area (Å²) in [5, 5.41) is 11.7. The van der Waals surface area contributed by atoms with Gasteiger partial charge in [0, 0.05) is 5.92 Å². The number of nitrogens with zero attached hydrogens (tertiary/aromatic N) is 1. The van der Waals surface area contributed by atoms with E-state index < -0.39 is 0 Å². The second-order valence-electron chi connectivity index (χ2n) is 2.62. The third-order valence-corrected chi connectivity index (χ3v) is 1.68. The molecule has 0 atom stereocenters. The van der Waals surface area contributed by atoms with Crippen molar-refractivity contribution in [3.63, 3.8) is 0 Å². The molecule has 0 heterocycles. The maximum Gasteiger partial charge on any atom is 0.0601 e. The maximum atomic E-state index is 8.46. The topological polar surface area (TPSA) is 32.6 Å². The molecule has 0 aromatic carbocycles. The predicted molar refractivity (Wildman–Crippen MR) is 36.9 cm³/mol. The van der Waals surface area contributed by atoms with Crippen molar-refractivity contribution in [3.05, 3.63) is 0 Å². The molecule has 0 saturated heterocycles. The molecule has 0 radical (unpaired) electrons. The van der Waals surface area contributed by atoms with Gasteiger partial charge in [-0.05, 0) is 19.3 Å². The van der Waals surface area contributed by atoms with E-state index in [9.17, 15) is 0 Å². The van der Waals surface area contributed by atoms with Gasteiger partial charge in [-0.3, -0.25) is 0 Å². The molecule has 0 aromatic rings. The highest BCUT2D eigenvalue weighted by atomic mass is 16.4. The van der Waals surface area contributed by atoms with E-state index in [0.29, 0.717) is 5.92 Å². The van der Waals surface area contributed by atoms with Crippen LogP contribution in [0.3, 0.4) is 0 Å². The van der Waals surface area contributed by atoms with Crippen LogP contribution < -0.4 is 0 Å². The highest BCUT2D eigenvalue weighted by Gasteiger charge is 2.26. The molecule has 0 aromatic heterocycles. The minimum atomic E-state index is 0.634. The summed E-state index contributed by atoms with van der Waals surface area (Å²) in [6.07, 6.45) is 4.54. The minimum absolute atomic E-state index is 0.634. The zero-order valence-corrected chi connectivity index (χ0v) is 5.80. The Hall–Kier alpha value is -0.530. The molecule has 1 aliphatic carbocycles. The van der Waals surface area contributed by atoms with E-state index in [4.69, 9.17) is 5.21 Å². The molecule has 0 unspecified atom stereocenters. The van der Waals surface area contributed by atoms with E-state index in [1.165, 1.54) is 12.8 Å². The van der Waals surface area contributed by atoms with Crippen molar-refractivity contribution in [1.29, 1.82) is 0 Å². The van der Waals surface area contributed by atoms with Crippen molar-refractivity contribution < 1.29 is 5.21 Å². The Bertz CT molecular complexity index is 116. The van der Waals surface area contributed by atoms with Crippen molar-refractivity contribution in [3.8, 4) is 0 Å². The molecule has 0 aliphatic heterocycles. The zero-order chi connectivity index (χ0) is 6.69. The largest absolute Gasteiger partial charge is 0.411 e. The van der Waals surface area contributed by atoms with Crippen LogP contribution in [0.25, 0.3) is 0 Å². The van der Waals surface area contributed by atoms with Crippen LogP contribution in [-0.2, 0) is 0 Å². The van der Waals surface area contributed by atoms with E-state index in [1.807, 2.05) is 0 Å². The summed E-state index contributed by atoms with van der Waals surface area (Å²) >= 11 is 0. The van der Waals surface area contributed by atoms with Gasteiger partial charge in [0.2, 0.25) is 0 Å². The monoisotopic (exact) mass is 127 g/mol. The Morgan fingerprint density at radius 2 is 2.33 bits per heavy atom. The van der Waals surface area contributed by atoms with Gasteiger partial charge in [0.1, 0.15) is 0 Å². The van der Waals surface area contributed by atoms with Crippen molar-refractivity contribution in [2.75, 3.05) is 0 Å². The number of oxime groups is 1. The van der Waals surface area contributed by atoms with Crippen LogP contribution in [0.1, 0.15) is 32.6 Å². The zero-order valence-electron chi connectivity index (χ0n) is 5.80. The molecule has 1 fully saturated rings. The number of hydrogen-bond donors (Lipinski definition) is 1. The summed E-state index contributed by atoms with van der Waals surface area (Å²) in [4.78, 5) is 0. The normalized spacial score (nSPS) is 20.3. The maximum absolute atomic E-state index is 8.46. The van der Waals surface area contributed by atoms with Gasteiger partial charge in [0.25, 0.3) is 0 Å². The third kappa shape index (κ3) is 1.70. The first-order valence-corrected chi connectivity index (χ1v) is 3.59. The molecule has 1 N–H and O–H groups in total. The molecule has 9 heavy (non-hydrogen) atoms. The van der Waals surface area contributed by atoms with Crippen molar-refractivity contribution in [2.45, 2.75) is 32.6 Å². The Morgan fingerprint density at radius 1 is 1.67 bits per heavy atom. The lowest BCUT2D eigenvalue weighted by atomic mass is 10.1. The van der Waals surface area contributed by atoms with Gasteiger partial charge in [-0.1, -0.05) is 18.5 Å². The second kappa shape index (κ2) is 2.85. The average Bonchev–Trinajstić information content (AvgIpc) is 2.64. The van der Waals surface area contributed by atoms with E-state index in [-0.39, 0.29) is 0 Å². The van der Waals surface area contributed by atoms with Crippen molar-refractivity contribution in [1.82, 2.24) is 0 Å².